The monoisotopic (exact) mass is 398 g/mol. The average Bonchev–Trinajstić information content (AvgIpc) is 2.64. The molecule has 1 aliphatic heterocycles. The van der Waals surface area contributed by atoms with Crippen molar-refractivity contribution in [1.82, 2.24) is 9.21 Å². The number of rotatable bonds is 4. The van der Waals surface area contributed by atoms with Crippen LogP contribution in [0.4, 0.5) is 13.2 Å². The van der Waals surface area contributed by atoms with Gasteiger partial charge in [0, 0.05) is 26.2 Å². The van der Waals surface area contributed by atoms with Crippen molar-refractivity contribution in [2.45, 2.75) is 11.3 Å². The molecule has 27 heavy (non-hydrogen) atoms. The normalized spacial score (nSPS) is 15.7. The lowest BCUT2D eigenvalue weighted by molar-refractivity contribution is -0.131. The number of sulfonamides is 1. The number of hydrogen-bond acceptors (Lipinski definition) is 3. The maximum atomic E-state index is 13.3. The van der Waals surface area contributed by atoms with Gasteiger partial charge in [0.1, 0.15) is 5.82 Å². The van der Waals surface area contributed by atoms with Gasteiger partial charge in [-0.15, -0.1) is 0 Å². The Balaban J connectivity index is 1.64. The molecule has 1 aliphatic rings. The van der Waals surface area contributed by atoms with Crippen LogP contribution >= 0.6 is 0 Å². The second kappa shape index (κ2) is 7.69. The molecule has 9 heteroatoms. The Kier molecular flexibility index (Phi) is 5.52. The van der Waals surface area contributed by atoms with Gasteiger partial charge in [0.25, 0.3) is 0 Å². The lowest BCUT2D eigenvalue weighted by Gasteiger charge is -2.34. The third kappa shape index (κ3) is 4.30. The molecule has 2 aromatic rings. The molecule has 0 saturated carbocycles. The van der Waals surface area contributed by atoms with Crippen molar-refractivity contribution in [2.75, 3.05) is 26.2 Å². The first-order chi connectivity index (χ1) is 12.8. The summed E-state index contributed by atoms with van der Waals surface area (Å²) in [5, 5.41) is 0. The zero-order chi connectivity index (χ0) is 19.6. The minimum absolute atomic E-state index is 0.0215. The Hall–Kier alpha value is -2.39. The van der Waals surface area contributed by atoms with Crippen LogP contribution in [-0.4, -0.2) is 49.7 Å². The maximum absolute atomic E-state index is 13.3. The highest BCUT2D eigenvalue weighted by Gasteiger charge is 2.30. The second-order valence-corrected chi connectivity index (χ2v) is 8.11. The Morgan fingerprint density at radius 1 is 0.926 bits per heavy atom. The molecule has 3 rings (SSSR count). The lowest BCUT2D eigenvalue weighted by Crippen LogP contribution is -2.50. The molecule has 1 saturated heterocycles. The number of piperazine rings is 1. The summed E-state index contributed by atoms with van der Waals surface area (Å²) in [5.74, 6) is -3.02. The summed E-state index contributed by atoms with van der Waals surface area (Å²) in [5.41, 5.74) is 0.539. The molecule has 0 spiro atoms. The summed E-state index contributed by atoms with van der Waals surface area (Å²) in [6.07, 6.45) is 0.0215. The van der Waals surface area contributed by atoms with Crippen LogP contribution in [-0.2, 0) is 21.2 Å². The molecule has 0 aromatic heterocycles. The van der Waals surface area contributed by atoms with E-state index in [0.29, 0.717) is 11.6 Å². The quantitative estimate of drug-likeness (QED) is 0.793. The van der Waals surface area contributed by atoms with Gasteiger partial charge < -0.3 is 4.90 Å². The molecule has 0 radical (unpaired) electrons. The molecule has 0 unspecified atom stereocenters. The first kappa shape index (κ1) is 19.4. The Morgan fingerprint density at radius 2 is 1.63 bits per heavy atom. The summed E-state index contributed by atoms with van der Waals surface area (Å²) in [6.45, 7) is 0.403. The first-order valence-electron chi connectivity index (χ1n) is 8.25. The van der Waals surface area contributed by atoms with Crippen LogP contribution in [0, 0.1) is 17.5 Å². The van der Waals surface area contributed by atoms with Gasteiger partial charge in [0.15, 0.2) is 11.6 Å². The Bertz CT molecular complexity index is 958. The Morgan fingerprint density at radius 3 is 2.26 bits per heavy atom. The number of nitrogens with zero attached hydrogens (tertiary/aromatic N) is 2. The highest BCUT2D eigenvalue weighted by Crippen LogP contribution is 2.20. The van der Waals surface area contributed by atoms with Crippen LogP contribution < -0.4 is 0 Å². The summed E-state index contributed by atoms with van der Waals surface area (Å²) < 4.78 is 65.8. The van der Waals surface area contributed by atoms with Crippen LogP contribution in [0.5, 0.6) is 0 Å². The van der Waals surface area contributed by atoms with Gasteiger partial charge >= 0.3 is 0 Å². The smallest absolute Gasteiger partial charge is 0.243 e. The molecule has 0 bridgehead atoms. The van der Waals surface area contributed by atoms with E-state index >= 15 is 0 Å². The fourth-order valence-electron chi connectivity index (χ4n) is 2.90. The van der Waals surface area contributed by atoms with E-state index in [9.17, 15) is 26.4 Å². The molecule has 1 heterocycles. The van der Waals surface area contributed by atoms with E-state index in [1.807, 2.05) is 0 Å². The van der Waals surface area contributed by atoms with E-state index in [1.54, 1.807) is 6.07 Å². The molecule has 0 aliphatic carbocycles. The average molecular weight is 398 g/mol. The molecule has 1 amide bonds. The topological polar surface area (TPSA) is 57.7 Å². The van der Waals surface area contributed by atoms with Gasteiger partial charge in [-0.05, 0) is 35.9 Å². The van der Waals surface area contributed by atoms with E-state index in [4.69, 9.17) is 0 Å². The van der Waals surface area contributed by atoms with Gasteiger partial charge in [0.2, 0.25) is 15.9 Å². The van der Waals surface area contributed by atoms with Crippen molar-refractivity contribution in [3.8, 4) is 0 Å². The van der Waals surface area contributed by atoms with E-state index < -0.39 is 27.5 Å². The van der Waals surface area contributed by atoms with Gasteiger partial charge in [-0.1, -0.05) is 12.1 Å². The Labute approximate surface area is 155 Å². The number of amides is 1. The number of hydrogen-bond donors (Lipinski definition) is 0. The van der Waals surface area contributed by atoms with Gasteiger partial charge in [-0.2, -0.15) is 4.31 Å². The molecule has 0 N–H and O–H groups in total. The summed E-state index contributed by atoms with van der Waals surface area (Å²) in [4.78, 5) is 13.5. The van der Waals surface area contributed by atoms with Crippen molar-refractivity contribution >= 4 is 15.9 Å². The maximum Gasteiger partial charge on any atom is 0.243 e. The number of carbonyl (C=O) groups is 1. The zero-order valence-corrected chi connectivity index (χ0v) is 15.1. The first-order valence-corrected chi connectivity index (χ1v) is 9.69. The summed E-state index contributed by atoms with van der Waals surface area (Å²) >= 11 is 0. The molecule has 144 valence electrons. The lowest BCUT2D eigenvalue weighted by atomic mass is 10.1. The minimum Gasteiger partial charge on any atom is -0.340 e. The van der Waals surface area contributed by atoms with Crippen LogP contribution in [0.25, 0.3) is 0 Å². The van der Waals surface area contributed by atoms with Gasteiger partial charge in [-0.25, -0.2) is 21.6 Å². The predicted octanol–water partition coefficient (Wildman–Crippen LogP) is 2.18. The van der Waals surface area contributed by atoms with Crippen molar-refractivity contribution in [3.63, 3.8) is 0 Å². The van der Waals surface area contributed by atoms with Crippen molar-refractivity contribution in [3.05, 3.63) is 65.5 Å². The molecule has 2 aromatic carbocycles. The molecular formula is C18H17F3N2O3S. The molecule has 1 fully saturated rings. The van der Waals surface area contributed by atoms with E-state index in [-0.39, 0.29) is 43.4 Å². The largest absolute Gasteiger partial charge is 0.340 e. The predicted molar refractivity (Wildman–Crippen MR) is 91.8 cm³/mol. The van der Waals surface area contributed by atoms with Crippen LogP contribution in [0.1, 0.15) is 5.56 Å². The number of carbonyl (C=O) groups excluding carboxylic acids is 1. The number of halogens is 3. The van der Waals surface area contributed by atoms with Crippen LogP contribution in [0.3, 0.4) is 0 Å². The minimum atomic E-state index is -3.98. The van der Waals surface area contributed by atoms with E-state index in [1.165, 1.54) is 23.1 Å². The third-order valence-corrected chi connectivity index (χ3v) is 6.26. The summed E-state index contributed by atoms with van der Waals surface area (Å²) in [6, 6.07) is 8.15. The van der Waals surface area contributed by atoms with Crippen molar-refractivity contribution < 1.29 is 26.4 Å². The molecule has 5 nitrogen and oxygen atoms in total. The third-order valence-electron chi connectivity index (χ3n) is 4.36. The fraction of sp³-hybridized carbons (Fsp3) is 0.278. The zero-order valence-electron chi connectivity index (χ0n) is 14.2. The molecular weight excluding hydrogens is 381 g/mol. The highest BCUT2D eigenvalue weighted by molar-refractivity contribution is 7.89. The van der Waals surface area contributed by atoms with E-state index in [0.717, 1.165) is 16.4 Å². The second-order valence-electron chi connectivity index (χ2n) is 6.17. The van der Waals surface area contributed by atoms with Gasteiger partial charge in [-0.3, -0.25) is 4.79 Å². The highest BCUT2D eigenvalue weighted by atomic mass is 32.2. The summed E-state index contributed by atoms with van der Waals surface area (Å²) in [7, 11) is -3.98. The SMILES string of the molecule is O=C(Cc1cccc(F)c1)N1CCN(S(=O)(=O)c2ccc(F)c(F)c2)CC1. The molecule has 0 atom stereocenters. The van der Waals surface area contributed by atoms with Crippen LogP contribution in [0.15, 0.2) is 47.4 Å². The van der Waals surface area contributed by atoms with E-state index in [2.05, 4.69) is 0 Å². The van der Waals surface area contributed by atoms with Crippen LogP contribution in [0.2, 0.25) is 0 Å². The van der Waals surface area contributed by atoms with Crippen molar-refractivity contribution in [2.24, 2.45) is 0 Å². The fourth-order valence-corrected chi connectivity index (χ4v) is 4.33. The van der Waals surface area contributed by atoms with Crippen molar-refractivity contribution in [1.29, 1.82) is 0 Å². The van der Waals surface area contributed by atoms with Gasteiger partial charge in [0.05, 0.1) is 11.3 Å². The number of benzene rings is 2. The standard InChI is InChI=1S/C18H17F3N2O3S/c19-14-3-1-2-13(10-14)11-18(24)22-6-8-23(9-7-22)27(25,26)15-4-5-16(20)17(21)12-15/h1-5,10,12H,6-9,11H2.